The fraction of sp³-hybridized carbons (Fsp3) is 1.00. The highest BCUT2D eigenvalue weighted by Gasteiger charge is 2.66. The maximum atomic E-state index is 10.7. The Morgan fingerprint density at radius 3 is 2.06 bits per heavy atom. The summed E-state index contributed by atoms with van der Waals surface area (Å²) in [7, 11) is 0. The molecule has 0 aliphatic heterocycles. The quantitative estimate of drug-likeness (QED) is 0.683. The molecule has 0 spiro atoms. The molecule has 2 N–H and O–H groups in total. The van der Waals surface area contributed by atoms with Gasteiger partial charge in [0.2, 0.25) is 0 Å². The van der Waals surface area contributed by atoms with Crippen molar-refractivity contribution in [2.45, 2.75) is 66.1 Å². The predicted octanol–water partition coefficient (Wildman–Crippen LogP) is 2.83. The highest BCUT2D eigenvalue weighted by atomic mass is 16.3. The second kappa shape index (κ2) is 3.48. The van der Waals surface area contributed by atoms with E-state index >= 15 is 0 Å². The molecule has 100 valence electrons. The lowest BCUT2D eigenvalue weighted by atomic mass is 9.46. The van der Waals surface area contributed by atoms with Crippen molar-refractivity contribution in [1.82, 2.24) is 0 Å². The predicted molar refractivity (Wildman–Crippen MR) is 69.6 cm³/mol. The number of fused-ring (bicyclic) bond motifs is 1. The van der Waals surface area contributed by atoms with E-state index in [2.05, 4.69) is 34.6 Å². The van der Waals surface area contributed by atoms with E-state index in [1.165, 1.54) is 12.8 Å². The van der Waals surface area contributed by atoms with Crippen LogP contribution in [-0.2, 0) is 0 Å². The first kappa shape index (κ1) is 13.4. The molecular weight excluding hydrogens is 212 g/mol. The molecule has 17 heavy (non-hydrogen) atoms. The normalized spacial score (nSPS) is 57.9. The third-order valence-electron chi connectivity index (χ3n) is 6.91. The summed E-state index contributed by atoms with van der Waals surface area (Å²) in [5.74, 6) is 1.29. The Morgan fingerprint density at radius 1 is 1.00 bits per heavy atom. The molecule has 0 aromatic carbocycles. The van der Waals surface area contributed by atoms with Crippen molar-refractivity contribution in [3.05, 3.63) is 0 Å². The summed E-state index contributed by atoms with van der Waals surface area (Å²) in [6, 6.07) is 0. The fourth-order valence-electron chi connectivity index (χ4n) is 4.85. The van der Waals surface area contributed by atoms with Gasteiger partial charge in [-0.25, -0.2) is 0 Å². The Bertz CT molecular complexity index is 321. The molecule has 0 amide bonds. The van der Waals surface area contributed by atoms with E-state index in [4.69, 9.17) is 0 Å². The van der Waals surface area contributed by atoms with Crippen molar-refractivity contribution < 1.29 is 10.2 Å². The Labute approximate surface area is 105 Å². The summed E-state index contributed by atoms with van der Waals surface area (Å²) in [5.41, 5.74) is -1.05. The second-order valence-corrected chi connectivity index (χ2v) is 7.50. The van der Waals surface area contributed by atoms with Crippen molar-refractivity contribution in [3.8, 4) is 0 Å². The summed E-state index contributed by atoms with van der Waals surface area (Å²) in [6.07, 6.45) is 1.77. The average Bonchev–Trinajstić information content (AvgIpc) is 2.53. The largest absolute Gasteiger partial charge is 0.390 e. The molecule has 2 aliphatic rings. The summed E-state index contributed by atoms with van der Waals surface area (Å²) in [4.78, 5) is 0. The molecule has 0 saturated heterocycles. The summed E-state index contributed by atoms with van der Waals surface area (Å²) in [5, 5.41) is 21.3. The van der Waals surface area contributed by atoms with Gasteiger partial charge in [0.1, 0.15) is 0 Å². The Hall–Kier alpha value is -0.0800. The van der Waals surface area contributed by atoms with E-state index in [9.17, 15) is 10.2 Å². The molecule has 6 atom stereocenters. The SMILES string of the molecule is C[C@@H]1CC[C@H]2C(C)(C)[C@@](C)(O)[C@@H](O)[C@@H](C)[C@]12C. The van der Waals surface area contributed by atoms with Gasteiger partial charge in [-0.1, -0.05) is 34.6 Å². The van der Waals surface area contributed by atoms with Crippen LogP contribution in [0.5, 0.6) is 0 Å². The number of aliphatic hydroxyl groups excluding tert-OH is 1. The Balaban J connectivity index is 2.53. The van der Waals surface area contributed by atoms with Crippen molar-refractivity contribution >= 4 is 0 Å². The lowest BCUT2D eigenvalue weighted by Gasteiger charge is -2.61. The van der Waals surface area contributed by atoms with E-state index in [0.29, 0.717) is 11.8 Å². The van der Waals surface area contributed by atoms with Gasteiger partial charge >= 0.3 is 0 Å². The molecular formula is C15H28O2. The van der Waals surface area contributed by atoms with Crippen LogP contribution in [0, 0.1) is 28.6 Å². The number of hydrogen-bond donors (Lipinski definition) is 2. The van der Waals surface area contributed by atoms with Crippen LogP contribution < -0.4 is 0 Å². The van der Waals surface area contributed by atoms with E-state index in [1.807, 2.05) is 6.92 Å². The van der Waals surface area contributed by atoms with Crippen LogP contribution in [0.25, 0.3) is 0 Å². The topological polar surface area (TPSA) is 40.5 Å². The van der Waals surface area contributed by atoms with Crippen molar-refractivity contribution in [2.75, 3.05) is 0 Å². The van der Waals surface area contributed by atoms with Crippen LogP contribution >= 0.6 is 0 Å². The van der Waals surface area contributed by atoms with E-state index in [-0.39, 0.29) is 16.7 Å². The van der Waals surface area contributed by atoms with E-state index < -0.39 is 11.7 Å². The van der Waals surface area contributed by atoms with Gasteiger partial charge in [-0.05, 0) is 48.3 Å². The van der Waals surface area contributed by atoms with Crippen LogP contribution in [0.1, 0.15) is 54.4 Å². The molecule has 2 aliphatic carbocycles. The van der Waals surface area contributed by atoms with Crippen molar-refractivity contribution in [2.24, 2.45) is 28.6 Å². The second-order valence-electron chi connectivity index (χ2n) is 7.50. The molecule has 0 bridgehead atoms. The third kappa shape index (κ3) is 1.34. The average molecular weight is 240 g/mol. The van der Waals surface area contributed by atoms with Crippen molar-refractivity contribution in [1.29, 1.82) is 0 Å². The van der Waals surface area contributed by atoms with Gasteiger partial charge in [0, 0.05) is 0 Å². The zero-order valence-corrected chi connectivity index (χ0v) is 12.1. The zero-order chi connectivity index (χ0) is 13.2. The van der Waals surface area contributed by atoms with Gasteiger partial charge < -0.3 is 10.2 Å². The monoisotopic (exact) mass is 240 g/mol. The molecule has 2 saturated carbocycles. The maximum Gasteiger partial charge on any atom is 0.0933 e. The molecule has 0 radical (unpaired) electrons. The first-order valence-corrected chi connectivity index (χ1v) is 6.98. The third-order valence-corrected chi connectivity index (χ3v) is 6.91. The highest BCUT2D eigenvalue weighted by molar-refractivity contribution is 5.15. The van der Waals surface area contributed by atoms with Gasteiger partial charge in [-0.15, -0.1) is 0 Å². The minimum absolute atomic E-state index is 0.158. The summed E-state index contributed by atoms with van der Waals surface area (Å²) >= 11 is 0. The van der Waals surface area contributed by atoms with Gasteiger partial charge in [-0.3, -0.25) is 0 Å². The molecule has 2 heteroatoms. The van der Waals surface area contributed by atoms with Crippen LogP contribution in [0.2, 0.25) is 0 Å². The van der Waals surface area contributed by atoms with Gasteiger partial charge in [0.15, 0.2) is 0 Å². The molecule has 2 nitrogen and oxygen atoms in total. The first-order valence-electron chi connectivity index (χ1n) is 6.98. The van der Waals surface area contributed by atoms with Crippen LogP contribution in [0.15, 0.2) is 0 Å². The standard InChI is InChI=1S/C15H28O2/c1-9-7-8-11-13(3,4)15(6,17)12(16)10(2)14(9,11)5/h9-12,16-17H,7-8H2,1-6H3/t9-,10-,11+,12+,14+,15+/m1/s1. The zero-order valence-electron chi connectivity index (χ0n) is 12.1. The van der Waals surface area contributed by atoms with Crippen LogP contribution in [-0.4, -0.2) is 21.9 Å². The van der Waals surface area contributed by atoms with E-state index in [0.717, 1.165) is 0 Å². The lowest BCUT2D eigenvalue weighted by molar-refractivity contribution is -0.244. The maximum absolute atomic E-state index is 10.7. The molecule has 0 unspecified atom stereocenters. The van der Waals surface area contributed by atoms with Gasteiger partial charge in [0.25, 0.3) is 0 Å². The minimum Gasteiger partial charge on any atom is -0.390 e. The molecule has 2 fully saturated rings. The van der Waals surface area contributed by atoms with Crippen molar-refractivity contribution in [3.63, 3.8) is 0 Å². The molecule has 0 heterocycles. The molecule has 0 aromatic rings. The number of rotatable bonds is 0. The minimum atomic E-state index is -0.985. The van der Waals surface area contributed by atoms with E-state index in [1.54, 1.807) is 0 Å². The smallest absolute Gasteiger partial charge is 0.0933 e. The van der Waals surface area contributed by atoms with Crippen LogP contribution in [0.3, 0.4) is 0 Å². The Morgan fingerprint density at radius 2 is 1.53 bits per heavy atom. The summed E-state index contributed by atoms with van der Waals surface area (Å²) in [6.45, 7) is 12.8. The molecule has 0 aromatic heterocycles. The number of hydrogen-bond acceptors (Lipinski definition) is 2. The van der Waals surface area contributed by atoms with Crippen LogP contribution in [0.4, 0.5) is 0 Å². The highest BCUT2D eigenvalue weighted by Crippen LogP contribution is 2.66. The summed E-state index contributed by atoms with van der Waals surface area (Å²) < 4.78 is 0. The van der Waals surface area contributed by atoms with Gasteiger partial charge in [-0.2, -0.15) is 0 Å². The molecule has 2 rings (SSSR count). The number of aliphatic hydroxyl groups is 2. The van der Waals surface area contributed by atoms with Gasteiger partial charge in [0.05, 0.1) is 11.7 Å². The first-order chi connectivity index (χ1) is 7.58. The fourth-order valence-corrected chi connectivity index (χ4v) is 4.85. The lowest BCUT2D eigenvalue weighted by Crippen LogP contribution is -2.66. The Kier molecular flexibility index (Phi) is 2.73.